The highest BCUT2D eigenvalue weighted by Gasteiger charge is 2.16. The van der Waals surface area contributed by atoms with Gasteiger partial charge in [0.2, 0.25) is 0 Å². The molecule has 1 saturated heterocycles. The number of anilines is 1. The summed E-state index contributed by atoms with van der Waals surface area (Å²) < 4.78 is 2.09. The van der Waals surface area contributed by atoms with E-state index in [9.17, 15) is 0 Å². The molecule has 0 saturated carbocycles. The SMILES string of the molecule is Cn1ccc2ncnc(N3CCNCC3)c21. The lowest BCUT2D eigenvalue weighted by Crippen LogP contribution is -2.44. The number of aromatic nitrogens is 3. The van der Waals surface area contributed by atoms with Crippen LogP contribution < -0.4 is 10.2 Å². The minimum atomic E-state index is 1.01. The Morgan fingerprint density at radius 1 is 1.25 bits per heavy atom. The van der Waals surface area contributed by atoms with Crippen LogP contribution >= 0.6 is 0 Å². The zero-order chi connectivity index (χ0) is 11.0. The van der Waals surface area contributed by atoms with Gasteiger partial charge in [-0.25, -0.2) is 9.97 Å². The van der Waals surface area contributed by atoms with Crippen LogP contribution in [-0.4, -0.2) is 40.7 Å². The largest absolute Gasteiger partial charge is 0.352 e. The summed E-state index contributed by atoms with van der Waals surface area (Å²) in [4.78, 5) is 11.0. The molecule has 1 aliphatic rings. The molecular formula is C11H15N5. The maximum atomic E-state index is 4.43. The number of aryl methyl sites for hydroxylation is 1. The molecule has 1 fully saturated rings. The number of piperazine rings is 1. The van der Waals surface area contributed by atoms with Gasteiger partial charge >= 0.3 is 0 Å². The van der Waals surface area contributed by atoms with Crippen LogP contribution in [-0.2, 0) is 7.05 Å². The quantitative estimate of drug-likeness (QED) is 0.750. The number of nitrogens with one attached hydrogen (secondary N) is 1. The highest BCUT2D eigenvalue weighted by Crippen LogP contribution is 2.23. The van der Waals surface area contributed by atoms with Crippen LogP contribution in [0.1, 0.15) is 0 Å². The molecule has 84 valence electrons. The first kappa shape index (κ1) is 9.59. The first-order valence-corrected chi connectivity index (χ1v) is 5.58. The summed E-state index contributed by atoms with van der Waals surface area (Å²) in [6, 6.07) is 2.03. The maximum Gasteiger partial charge on any atom is 0.156 e. The lowest BCUT2D eigenvalue weighted by molar-refractivity contribution is 0.585. The van der Waals surface area contributed by atoms with Crippen molar-refractivity contribution in [3.63, 3.8) is 0 Å². The summed E-state index contributed by atoms with van der Waals surface area (Å²) >= 11 is 0. The average molecular weight is 217 g/mol. The topological polar surface area (TPSA) is 46.0 Å². The average Bonchev–Trinajstić information content (AvgIpc) is 2.73. The van der Waals surface area contributed by atoms with E-state index in [2.05, 4.69) is 24.8 Å². The van der Waals surface area contributed by atoms with Crippen molar-refractivity contribution in [2.24, 2.45) is 7.05 Å². The van der Waals surface area contributed by atoms with Gasteiger partial charge < -0.3 is 14.8 Å². The second-order valence-corrected chi connectivity index (χ2v) is 4.09. The van der Waals surface area contributed by atoms with Crippen LogP contribution in [0.4, 0.5) is 5.82 Å². The number of rotatable bonds is 1. The second-order valence-electron chi connectivity index (χ2n) is 4.09. The van der Waals surface area contributed by atoms with Gasteiger partial charge in [-0.05, 0) is 6.07 Å². The third-order valence-corrected chi connectivity index (χ3v) is 3.06. The Hall–Kier alpha value is -1.62. The molecule has 0 aliphatic carbocycles. The Morgan fingerprint density at radius 3 is 2.88 bits per heavy atom. The first-order chi connectivity index (χ1) is 7.86. The second kappa shape index (κ2) is 3.75. The number of hydrogen-bond donors (Lipinski definition) is 1. The minimum Gasteiger partial charge on any atom is -0.352 e. The van der Waals surface area contributed by atoms with E-state index in [4.69, 9.17) is 0 Å². The molecule has 1 aliphatic heterocycles. The van der Waals surface area contributed by atoms with Crippen molar-refractivity contribution in [2.75, 3.05) is 31.1 Å². The Kier molecular flexibility index (Phi) is 2.25. The van der Waals surface area contributed by atoms with Crippen LogP contribution in [0.15, 0.2) is 18.6 Å². The van der Waals surface area contributed by atoms with E-state index in [-0.39, 0.29) is 0 Å². The Balaban J connectivity index is 2.10. The Bertz CT molecular complexity index is 498. The molecule has 0 aromatic carbocycles. The molecule has 2 aromatic rings. The molecule has 0 unspecified atom stereocenters. The highest BCUT2D eigenvalue weighted by molar-refractivity contribution is 5.86. The van der Waals surface area contributed by atoms with Crippen molar-refractivity contribution in [2.45, 2.75) is 0 Å². The monoisotopic (exact) mass is 217 g/mol. The minimum absolute atomic E-state index is 1.01. The molecule has 5 heteroatoms. The molecule has 0 spiro atoms. The molecule has 3 rings (SSSR count). The van der Waals surface area contributed by atoms with E-state index < -0.39 is 0 Å². The summed E-state index contributed by atoms with van der Waals surface area (Å²) in [5, 5.41) is 3.35. The van der Waals surface area contributed by atoms with Crippen molar-refractivity contribution in [1.82, 2.24) is 19.9 Å². The fourth-order valence-electron chi connectivity index (χ4n) is 2.21. The van der Waals surface area contributed by atoms with E-state index in [1.165, 1.54) is 0 Å². The van der Waals surface area contributed by atoms with Gasteiger partial charge in [0.15, 0.2) is 5.82 Å². The highest BCUT2D eigenvalue weighted by atomic mass is 15.2. The third-order valence-electron chi connectivity index (χ3n) is 3.06. The van der Waals surface area contributed by atoms with Crippen LogP contribution in [0.5, 0.6) is 0 Å². The zero-order valence-corrected chi connectivity index (χ0v) is 9.35. The van der Waals surface area contributed by atoms with Gasteiger partial charge in [-0.3, -0.25) is 0 Å². The van der Waals surface area contributed by atoms with Gasteiger partial charge in [-0.15, -0.1) is 0 Å². The maximum absolute atomic E-state index is 4.43. The fourth-order valence-corrected chi connectivity index (χ4v) is 2.21. The summed E-state index contributed by atoms with van der Waals surface area (Å²) in [5.41, 5.74) is 2.15. The van der Waals surface area contributed by atoms with Gasteiger partial charge in [-0.1, -0.05) is 0 Å². The molecule has 1 N–H and O–H groups in total. The van der Waals surface area contributed by atoms with E-state index in [1.807, 2.05) is 19.3 Å². The first-order valence-electron chi connectivity index (χ1n) is 5.58. The molecule has 0 radical (unpaired) electrons. The third kappa shape index (κ3) is 1.44. The lowest BCUT2D eigenvalue weighted by atomic mass is 10.3. The van der Waals surface area contributed by atoms with Gasteiger partial charge in [0.1, 0.15) is 11.8 Å². The molecule has 0 atom stereocenters. The van der Waals surface area contributed by atoms with Gasteiger partial charge in [0, 0.05) is 39.4 Å². The summed E-state index contributed by atoms with van der Waals surface area (Å²) in [5.74, 6) is 1.05. The summed E-state index contributed by atoms with van der Waals surface area (Å²) in [6.45, 7) is 4.07. The molecule has 2 aromatic heterocycles. The van der Waals surface area contributed by atoms with Gasteiger partial charge in [0.25, 0.3) is 0 Å². The van der Waals surface area contributed by atoms with E-state index >= 15 is 0 Å². The van der Waals surface area contributed by atoms with Crippen molar-refractivity contribution < 1.29 is 0 Å². The van der Waals surface area contributed by atoms with Crippen molar-refractivity contribution in [1.29, 1.82) is 0 Å². The van der Waals surface area contributed by atoms with Crippen molar-refractivity contribution in [3.05, 3.63) is 18.6 Å². The van der Waals surface area contributed by atoms with E-state index in [0.717, 1.165) is 43.0 Å². The van der Waals surface area contributed by atoms with Crippen LogP contribution in [0, 0.1) is 0 Å². The van der Waals surface area contributed by atoms with Gasteiger partial charge in [0.05, 0.1) is 5.52 Å². The number of nitrogens with zero attached hydrogens (tertiary/aromatic N) is 4. The Labute approximate surface area is 94.1 Å². The molecule has 0 bridgehead atoms. The van der Waals surface area contributed by atoms with Crippen LogP contribution in [0.25, 0.3) is 11.0 Å². The standard InChI is InChI=1S/C11H15N5/c1-15-5-2-9-10(15)11(14-8-13-9)16-6-3-12-4-7-16/h2,5,8,12H,3-4,6-7H2,1H3. The fraction of sp³-hybridized carbons (Fsp3) is 0.455. The van der Waals surface area contributed by atoms with E-state index in [0.29, 0.717) is 0 Å². The van der Waals surface area contributed by atoms with Crippen LogP contribution in [0.3, 0.4) is 0 Å². The lowest BCUT2D eigenvalue weighted by Gasteiger charge is -2.28. The number of fused-ring (bicyclic) bond motifs is 1. The predicted molar refractivity (Wildman–Crippen MR) is 63.6 cm³/mol. The normalized spacial score (nSPS) is 16.9. The molecule has 3 heterocycles. The van der Waals surface area contributed by atoms with Crippen molar-refractivity contribution >= 4 is 16.9 Å². The molecule has 0 amide bonds. The summed E-state index contributed by atoms with van der Waals surface area (Å²) in [6.07, 6.45) is 3.69. The Morgan fingerprint density at radius 2 is 2.06 bits per heavy atom. The molecular weight excluding hydrogens is 202 g/mol. The molecule has 5 nitrogen and oxygen atoms in total. The predicted octanol–water partition coefficient (Wildman–Crippen LogP) is 0.378. The van der Waals surface area contributed by atoms with Crippen LogP contribution in [0.2, 0.25) is 0 Å². The molecule has 16 heavy (non-hydrogen) atoms. The summed E-state index contributed by atoms with van der Waals surface area (Å²) in [7, 11) is 2.04. The van der Waals surface area contributed by atoms with Crippen molar-refractivity contribution in [3.8, 4) is 0 Å². The number of hydrogen-bond acceptors (Lipinski definition) is 4. The zero-order valence-electron chi connectivity index (χ0n) is 9.35. The smallest absolute Gasteiger partial charge is 0.156 e. The van der Waals surface area contributed by atoms with Gasteiger partial charge in [-0.2, -0.15) is 0 Å². The van der Waals surface area contributed by atoms with E-state index in [1.54, 1.807) is 6.33 Å².